The lowest BCUT2D eigenvalue weighted by atomic mass is 9.94. The minimum atomic E-state index is 0.647. The molecular weight excluding hydrogens is 218 g/mol. The SMILES string of the molecule is Cc1cccc(CCC(C)NC2CCCCC2)c1. The predicted molar refractivity (Wildman–Crippen MR) is 79.0 cm³/mol. The van der Waals surface area contributed by atoms with E-state index >= 15 is 0 Å². The van der Waals surface area contributed by atoms with Gasteiger partial charge in [-0.15, -0.1) is 0 Å². The first-order valence-corrected chi connectivity index (χ1v) is 7.55. The van der Waals surface area contributed by atoms with Crippen LogP contribution in [0.5, 0.6) is 0 Å². The summed E-state index contributed by atoms with van der Waals surface area (Å²) in [5, 5.41) is 3.80. The van der Waals surface area contributed by atoms with Crippen LogP contribution in [0, 0.1) is 6.92 Å². The Hall–Kier alpha value is -0.820. The first-order valence-electron chi connectivity index (χ1n) is 7.55. The van der Waals surface area contributed by atoms with Crippen LogP contribution in [0.4, 0.5) is 0 Å². The Morgan fingerprint density at radius 1 is 1.22 bits per heavy atom. The molecule has 1 N–H and O–H groups in total. The van der Waals surface area contributed by atoms with Crippen LogP contribution in [0.3, 0.4) is 0 Å². The average Bonchev–Trinajstić information content (AvgIpc) is 2.38. The molecule has 0 saturated heterocycles. The van der Waals surface area contributed by atoms with Crippen molar-refractivity contribution >= 4 is 0 Å². The second-order valence-corrected chi connectivity index (χ2v) is 5.93. The van der Waals surface area contributed by atoms with Crippen LogP contribution >= 0.6 is 0 Å². The van der Waals surface area contributed by atoms with Crippen molar-refractivity contribution in [2.45, 2.75) is 70.9 Å². The number of nitrogens with one attached hydrogen (secondary N) is 1. The number of aryl methyl sites for hydroxylation is 2. The van der Waals surface area contributed by atoms with E-state index in [2.05, 4.69) is 43.4 Å². The highest BCUT2D eigenvalue weighted by molar-refractivity contribution is 5.22. The van der Waals surface area contributed by atoms with Crippen molar-refractivity contribution in [3.8, 4) is 0 Å². The smallest absolute Gasteiger partial charge is 0.00695 e. The zero-order valence-electron chi connectivity index (χ0n) is 11.9. The van der Waals surface area contributed by atoms with Crippen LogP contribution < -0.4 is 5.32 Å². The number of benzene rings is 1. The molecule has 1 fully saturated rings. The van der Waals surface area contributed by atoms with Gasteiger partial charge in [0.1, 0.15) is 0 Å². The molecule has 1 saturated carbocycles. The third kappa shape index (κ3) is 4.45. The van der Waals surface area contributed by atoms with E-state index in [9.17, 15) is 0 Å². The molecule has 2 rings (SSSR count). The monoisotopic (exact) mass is 245 g/mol. The van der Waals surface area contributed by atoms with Gasteiger partial charge in [0.05, 0.1) is 0 Å². The summed E-state index contributed by atoms with van der Waals surface area (Å²) in [5.41, 5.74) is 2.85. The Bertz CT molecular complexity index is 352. The maximum Gasteiger partial charge on any atom is 0.00695 e. The molecule has 0 bridgehead atoms. The molecule has 18 heavy (non-hydrogen) atoms. The maximum absolute atomic E-state index is 3.80. The molecule has 1 unspecified atom stereocenters. The van der Waals surface area contributed by atoms with Crippen molar-refractivity contribution < 1.29 is 0 Å². The van der Waals surface area contributed by atoms with Crippen LogP contribution in [0.1, 0.15) is 56.6 Å². The van der Waals surface area contributed by atoms with E-state index in [1.807, 2.05) is 0 Å². The van der Waals surface area contributed by atoms with E-state index < -0.39 is 0 Å². The molecule has 1 nitrogen and oxygen atoms in total. The summed E-state index contributed by atoms with van der Waals surface area (Å²) in [7, 11) is 0. The van der Waals surface area contributed by atoms with Gasteiger partial charge in [-0.2, -0.15) is 0 Å². The number of rotatable bonds is 5. The van der Waals surface area contributed by atoms with Gasteiger partial charge in [-0.1, -0.05) is 49.1 Å². The predicted octanol–water partition coefficient (Wildman–Crippen LogP) is 4.24. The van der Waals surface area contributed by atoms with Gasteiger partial charge in [0.15, 0.2) is 0 Å². The van der Waals surface area contributed by atoms with Crippen molar-refractivity contribution in [3.63, 3.8) is 0 Å². The van der Waals surface area contributed by atoms with Gasteiger partial charge in [0.25, 0.3) is 0 Å². The number of hydrogen-bond donors (Lipinski definition) is 1. The standard InChI is InChI=1S/C17H27N/c1-14-7-6-8-16(13-14)12-11-15(2)18-17-9-4-3-5-10-17/h6-8,13,15,17-18H,3-5,9-12H2,1-2H3. The Kier molecular flexibility index (Phi) is 5.25. The van der Waals surface area contributed by atoms with Gasteiger partial charge in [-0.05, 0) is 45.1 Å². The highest BCUT2D eigenvalue weighted by Gasteiger charge is 2.15. The van der Waals surface area contributed by atoms with E-state index in [0.717, 1.165) is 6.04 Å². The van der Waals surface area contributed by atoms with E-state index in [1.165, 1.54) is 56.1 Å². The summed E-state index contributed by atoms with van der Waals surface area (Å²) in [6.45, 7) is 4.51. The maximum atomic E-state index is 3.80. The summed E-state index contributed by atoms with van der Waals surface area (Å²) < 4.78 is 0. The molecule has 0 radical (unpaired) electrons. The van der Waals surface area contributed by atoms with Gasteiger partial charge >= 0.3 is 0 Å². The zero-order valence-corrected chi connectivity index (χ0v) is 11.9. The minimum absolute atomic E-state index is 0.647. The van der Waals surface area contributed by atoms with Crippen molar-refractivity contribution in [1.82, 2.24) is 5.32 Å². The second kappa shape index (κ2) is 6.94. The summed E-state index contributed by atoms with van der Waals surface area (Å²) in [5.74, 6) is 0. The summed E-state index contributed by atoms with van der Waals surface area (Å²) >= 11 is 0. The van der Waals surface area contributed by atoms with Crippen molar-refractivity contribution in [1.29, 1.82) is 0 Å². The van der Waals surface area contributed by atoms with Crippen LogP contribution in [0.2, 0.25) is 0 Å². The molecule has 0 aliphatic heterocycles. The molecule has 0 spiro atoms. The average molecular weight is 245 g/mol. The van der Waals surface area contributed by atoms with Crippen molar-refractivity contribution in [2.24, 2.45) is 0 Å². The molecule has 1 heteroatoms. The van der Waals surface area contributed by atoms with Crippen LogP contribution in [0.15, 0.2) is 24.3 Å². The number of hydrogen-bond acceptors (Lipinski definition) is 1. The molecule has 1 aliphatic carbocycles. The van der Waals surface area contributed by atoms with Crippen LogP contribution in [0.25, 0.3) is 0 Å². The van der Waals surface area contributed by atoms with Crippen LogP contribution in [-0.2, 0) is 6.42 Å². The first-order chi connectivity index (χ1) is 8.74. The third-order valence-corrected chi connectivity index (χ3v) is 4.07. The topological polar surface area (TPSA) is 12.0 Å². The van der Waals surface area contributed by atoms with Gasteiger partial charge in [0.2, 0.25) is 0 Å². The first kappa shape index (κ1) is 13.6. The highest BCUT2D eigenvalue weighted by Crippen LogP contribution is 2.18. The molecule has 1 aliphatic rings. The summed E-state index contributed by atoms with van der Waals surface area (Å²) in [6, 6.07) is 10.3. The Balaban J connectivity index is 1.72. The quantitative estimate of drug-likeness (QED) is 0.818. The van der Waals surface area contributed by atoms with Gasteiger partial charge in [-0.25, -0.2) is 0 Å². The molecule has 1 atom stereocenters. The molecule has 1 aromatic carbocycles. The van der Waals surface area contributed by atoms with Gasteiger partial charge in [-0.3, -0.25) is 0 Å². The van der Waals surface area contributed by atoms with Crippen LogP contribution in [-0.4, -0.2) is 12.1 Å². The van der Waals surface area contributed by atoms with E-state index in [4.69, 9.17) is 0 Å². The molecule has 0 amide bonds. The molecule has 0 heterocycles. The van der Waals surface area contributed by atoms with E-state index in [0.29, 0.717) is 6.04 Å². The lowest BCUT2D eigenvalue weighted by Crippen LogP contribution is -2.38. The summed E-state index contributed by atoms with van der Waals surface area (Å²) in [4.78, 5) is 0. The molecule has 0 aromatic heterocycles. The Morgan fingerprint density at radius 3 is 2.72 bits per heavy atom. The van der Waals surface area contributed by atoms with Crippen molar-refractivity contribution in [3.05, 3.63) is 35.4 Å². The molecular formula is C17H27N. The van der Waals surface area contributed by atoms with Gasteiger partial charge in [0, 0.05) is 12.1 Å². The van der Waals surface area contributed by atoms with Gasteiger partial charge < -0.3 is 5.32 Å². The zero-order chi connectivity index (χ0) is 12.8. The minimum Gasteiger partial charge on any atom is -0.311 e. The van der Waals surface area contributed by atoms with E-state index in [1.54, 1.807) is 0 Å². The Morgan fingerprint density at radius 2 is 2.00 bits per heavy atom. The molecule has 1 aromatic rings. The fraction of sp³-hybridized carbons (Fsp3) is 0.647. The van der Waals surface area contributed by atoms with Crippen molar-refractivity contribution in [2.75, 3.05) is 0 Å². The highest BCUT2D eigenvalue weighted by atomic mass is 14.9. The lowest BCUT2D eigenvalue weighted by Gasteiger charge is -2.26. The van der Waals surface area contributed by atoms with E-state index in [-0.39, 0.29) is 0 Å². The Labute approximate surface area is 112 Å². The third-order valence-electron chi connectivity index (χ3n) is 4.07. The molecule has 100 valence electrons. The fourth-order valence-electron chi connectivity index (χ4n) is 3.01. The second-order valence-electron chi connectivity index (χ2n) is 5.93. The lowest BCUT2D eigenvalue weighted by molar-refractivity contribution is 0.337. The fourth-order valence-corrected chi connectivity index (χ4v) is 3.01. The largest absolute Gasteiger partial charge is 0.311 e. The normalized spacial score (nSPS) is 18.8. The summed E-state index contributed by atoms with van der Waals surface area (Å²) in [6.07, 6.45) is 9.49.